The van der Waals surface area contributed by atoms with Crippen molar-refractivity contribution in [3.05, 3.63) is 35.4 Å². The lowest BCUT2D eigenvalue weighted by Gasteiger charge is -2.25. The maximum atomic E-state index is 3.62. The molecule has 1 aromatic carbocycles. The Hall–Kier alpha value is -0.510. The average molecular weight is 307 g/mol. The molecule has 1 aliphatic rings. The molecule has 1 unspecified atom stereocenters. The molecule has 0 aromatic heterocycles. The molecule has 1 aliphatic carbocycles. The minimum absolute atomic E-state index is 0.648. The molecule has 0 aliphatic heterocycles. The summed E-state index contributed by atoms with van der Waals surface area (Å²) in [6, 6.07) is 10.4. The zero-order chi connectivity index (χ0) is 15.1. The molecule has 1 N–H and O–H groups in total. The predicted octanol–water partition coefficient (Wildman–Crippen LogP) is 3.55. The summed E-state index contributed by atoms with van der Waals surface area (Å²) in [6.45, 7) is 4.52. The van der Waals surface area contributed by atoms with Crippen LogP contribution in [0.2, 0.25) is 0 Å². The molecule has 0 amide bonds. The van der Waals surface area contributed by atoms with Gasteiger partial charge in [-0.15, -0.1) is 0 Å². The molecule has 0 bridgehead atoms. The Morgan fingerprint density at radius 2 is 2.00 bits per heavy atom. The maximum Gasteiger partial charge on any atom is 0.0236 e. The van der Waals surface area contributed by atoms with Gasteiger partial charge >= 0.3 is 0 Å². The van der Waals surface area contributed by atoms with E-state index in [1.54, 1.807) is 0 Å². The number of nitrogens with one attached hydrogen (secondary N) is 1. The second kappa shape index (κ2) is 8.82. The predicted molar refractivity (Wildman–Crippen MR) is 95.1 cm³/mol. The highest BCUT2D eigenvalue weighted by molar-refractivity contribution is 7.98. The summed E-state index contributed by atoms with van der Waals surface area (Å²) < 4.78 is 0. The molecule has 0 heterocycles. The Morgan fingerprint density at radius 3 is 2.67 bits per heavy atom. The number of thioether (sulfide) groups is 1. The van der Waals surface area contributed by atoms with E-state index in [0.29, 0.717) is 6.04 Å². The molecule has 2 nitrogen and oxygen atoms in total. The highest BCUT2D eigenvalue weighted by Crippen LogP contribution is 2.19. The zero-order valence-corrected chi connectivity index (χ0v) is 14.6. The normalized spacial score (nSPS) is 16.4. The first-order chi connectivity index (χ1) is 10.2. The van der Waals surface area contributed by atoms with Crippen molar-refractivity contribution in [1.29, 1.82) is 0 Å². The first-order valence-electron chi connectivity index (χ1n) is 8.20. The third-order valence-electron chi connectivity index (χ3n) is 4.44. The van der Waals surface area contributed by atoms with Gasteiger partial charge in [-0.05, 0) is 69.3 Å². The van der Waals surface area contributed by atoms with Gasteiger partial charge < -0.3 is 5.32 Å². The van der Waals surface area contributed by atoms with Crippen molar-refractivity contribution in [2.75, 3.05) is 25.6 Å². The SMILES string of the molecule is CSCCC(C)N(C)Cc1ccccc1CCNC1CC1. The van der Waals surface area contributed by atoms with Crippen molar-refractivity contribution in [3.8, 4) is 0 Å². The lowest BCUT2D eigenvalue weighted by atomic mass is 10.0. The highest BCUT2D eigenvalue weighted by atomic mass is 32.2. The number of hydrogen-bond acceptors (Lipinski definition) is 3. The molecule has 1 fully saturated rings. The van der Waals surface area contributed by atoms with E-state index < -0.39 is 0 Å². The minimum atomic E-state index is 0.648. The van der Waals surface area contributed by atoms with Crippen LogP contribution < -0.4 is 5.32 Å². The molecule has 2 rings (SSSR count). The van der Waals surface area contributed by atoms with Gasteiger partial charge in [-0.3, -0.25) is 4.90 Å². The summed E-state index contributed by atoms with van der Waals surface area (Å²) in [5, 5.41) is 3.62. The van der Waals surface area contributed by atoms with Crippen LogP contribution in [0, 0.1) is 0 Å². The van der Waals surface area contributed by atoms with E-state index in [1.807, 2.05) is 11.8 Å². The lowest BCUT2D eigenvalue weighted by molar-refractivity contribution is 0.244. The minimum Gasteiger partial charge on any atom is -0.314 e. The Kier molecular flexibility index (Phi) is 7.08. The van der Waals surface area contributed by atoms with Crippen LogP contribution in [0.25, 0.3) is 0 Å². The molecular weight excluding hydrogens is 276 g/mol. The monoisotopic (exact) mass is 306 g/mol. The zero-order valence-electron chi connectivity index (χ0n) is 13.8. The standard InChI is InChI=1S/C18H30N2S/c1-15(11-13-21-3)20(2)14-17-7-5-4-6-16(17)10-12-19-18-8-9-18/h4-7,15,18-19H,8-14H2,1-3H3. The number of nitrogens with zero attached hydrogens (tertiary/aromatic N) is 1. The second-order valence-corrected chi connectivity index (χ2v) is 7.28. The van der Waals surface area contributed by atoms with Crippen LogP contribution in [-0.4, -0.2) is 42.6 Å². The number of hydrogen-bond donors (Lipinski definition) is 1. The van der Waals surface area contributed by atoms with Gasteiger partial charge in [-0.1, -0.05) is 24.3 Å². The molecule has 1 aromatic rings. The van der Waals surface area contributed by atoms with Crippen molar-refractivity contribution < 1.29 is 0 Å². The number of benzene rings is 1. The van der Waals surface area contributed by atoms with Gasteiger partial charge in [-0.25, -0.2) is 0 Å². The quantitative estimate of drug-likeness (QED) is 0.711. The van der Waals surface area contributed by atoms with Crippen LogP contribution in [-0.2, 0) is 13.0 Å². The van der Waals surface area contributed by atoms with Crippen molar-refractivity contribution in [2.45, 2.75) is 51.2 Å². The van der Waals surface area contributed by atoms with E-state index >= 15 is 0 Å². The van der Waals surface area contributed by atoms with Crippen molar-refractivity contribution in [1.82, 2.24) is 10.2 Å². The molecule has 3 heteroatoms. The first kappa shape index (κ1) is 16.9. The molecule has 0 saturated heterocycles. The molecular formula is C18H30N2S. The van der Waals surface area contributed by atoms with Crippen molar-refractivity contribution in [3.63, 3.8) is 0 Å². The lowest BCUT2D eigenvalue weighted by Crippen LogP contribution is -2.29. The Bertz CT molecular complexity index is 417. The summed E-state index contributed by atoms with van der Waals surface area (Å²) in [7, 11) is 2.25. The summed E-state index contributed by atoms with van der Waals surface area (Å²) in [6.07, 6.45) is 7.35. The first-order valence-corrected chi connectivity index (χ1v) is 9.59. The topological polar surface area (TPSA) is 15.3 Å². The van der Waals surface area contributed by atoms with Crippen LogP contribution in [0.4, 0.5) is 0 Å². The molecule has 0 radical (unpaired) electrons. The Balaban J connectivity index is 1.85. The molecule has 1 atom stereocenters. The van der Waals surface area contributed by atoms with E-state index in [-0.39, 0.29) is 0 Å². The van der Waals surface area contributed by atoms with Crippen LogP contribution in [0.15, 0.2) is 24.3 Å². The summed E-state index contributed by atoms with van der Waals surface area (Å²) in [5.74, 6) is 1.25. The molecule has 1 saturated carbocycles. The highest BCUT2D eigenvalue weighted by Gasteiger charge is 2.19. The van der Waals surface area contributed by atoms with Gasteiger partial charge in [-0.2, -0.15) is 11.8 Å². The van der Waals surface area contributed by atoms with Gasteiger partial charge in [0.1, 0.15) is 0 Å². The van der Waals surface area contributed by atoms with E-state index in [4.69, 9.17) is 0 Å². The summed E-state index contributed by atoms with van der Waals surface area (Å²) >= 11 is 1.94. The van der Waals surface area contributed by atoms with Gasteiger partial charge in [0.05, 0.1) is 0 Å². The average Bonchev–Trinajstić information content (AvgIpc) is 3.30. The Labute approximate surface area is 134 Å². The van der Waals surface area contributed by atoms with Gasteiger partial charge in [0.2, 0.25) is 0 Å². The summed E-state index contributed by atoms with van der Waals surface area (Å²) in [5.41, 5.74) is 3.00. The van der Waals surface area contributed by atoms with Gasteiger partial charge in [0.15, 0.2) is 0 Å². The van der Waals surface area contributed by atoms with Crippen LogP contribution in [0.1, 0.15) is 37.3 Å². The third-order valence-corrected chi connectivity index (χ3v) is 5.08. The second-order valence-electron chi connectivity index (χ2n) is 6.29. The molecule has 0 spiro atoms. The largest absolute Gasteiger partial charge is 0.314 e. The fourth-order valence-electron chi connectivity index (χ4n) is 2.59. The third kappa shape index (κ3) is 6.01. The van der Waals surface area contributed by atoms with Crippen LogP contribution in [0.3, 0.4) is 0 Å². The van der Waals surface area contributed by atoms with E-state index in [0.717, 1.165) is 25.6 Å². The van der Waals surface area contributed by atoms with Gasteiger partial charge in [0, 0.05) is 18.6 Å². The maximum absolute atomic E-state index is 3.62. The molecule has 21 heavy (non-hydrogen) atoms. The number of rotatable bonds is 10. The molecule has 118 valence electrons. The van der Waals surface area contributed by atoms with E-state index in [9.17, 15) is 0 Å². The van der Waals surface area contributed by atoms with Gasteiger partial charge in [0.25, 0.3) is 0 Å². The smallest absolute Gasteiger partial charge is 0.0236 e. The van der Waals surface area contributed by atoms with Crippen molar-refractivity contribution in [2.24, 2.45) is 0 Å². The van der Waals surface area contributed by atoms with Crippen LogP contribution >= 0.6 is 11.8 Å². The van der Waals surface area contributed by atoms with E-state index in [1.165, 1.54) is 36.1 Å². The summed E-state index contributed by atoms with van der Waals surface area (Å²) in [4.78, 5) is 2.49. The van der Waals surface area contributed by atoms with Crippen molar-refractivity contribution >= 4 is 11.8 Å². The van der Waals surface area contributed by atoms with E-state index in [2.05, 4.69) is 54.7 Å². The van der Waals surface area contributed by atoms with Crippen LogP contribution in [0.5, 0.6) is 0 Å². The fraction of sp³-hybridized carbons (Fsp3) is 0.667. The Morgan fingerprint density at radius 1 is 1.29 bits per heavy atom. The fourth-order valence-corrected chi connectivity index (χ4v) is 3.16.